The number of carbonyl (C=O) groups is 1. The molecule has 0 aliphatic rings. The van der Waals surface area contributed by atoms with Gasteiger partial charge in [0, 0.05) is 5.56 Å². The lowest BCUT2D eigenvalue weighted by Gasteiger charge is -2.12. The molecule has 1 heterocycles. The van der Waals surface area contributed by atoms with Crippen LogP contribution in [0, 0.1) is 23.5 Å². The van der Waals surface area contributed by atoms with Crippen LogP contribution in [0.3, 0.4) is 0 Å². The zero-order chi connectivity index (χ0) is 12.5. The van der Waals surface area contributed by atoms with Crippen LogP contribution in [0.2, 0.25) is 0 Å². The van der Waals surface area contributed by atoms with Gasteiger partial charge in [0.15, 0.2) is 11.6 Å². The van der Waals surface area contributed by atoms with E-state index >= 15 is 0 Å². The third kappa shape index (κ3) is 1.98. The van der Waals surface area contributed by atoms with Crippen molar-refractivity contribution in [2.24, 2.45) is 0 Å². The summed E-state index contributed by atoms with van der Waals surface area (Å²) in [7, 11) is 0. The number of hydrogen-bond donors (Lipinski definition) is 1. The summed E-state index contributed by atoms with van der Waals surface area (Å²) in [6.07, 6.45) is -0.202. The van der Waals surface area contributed by atoms with Gasteiger partial charge in [-0.05, 0) is 6.42 Å². The van der Waals surface area contributed by atoms with E-state index in [1.165, 1.54) is 6.92 Å². The van der Waals surface area contributed by atoms with Crippen LogP contribution < -0.4 is 0 Å². The van der Waals surface area contributed by atoms with Crippen LogP contribution in [-0.4, -0.2) is 16.1 Å². The van der Waals surface area contributed by atoms with E-state index in [0.717, 1.165) is 0 Å². The van der Waals surface area contributed by atoms with Crippen molar-refractivity contribution in [1.82, 2.24) is 4.98 Å². The Balaban J connectivity index is 3.47. The lowest BCUT2D eigenvalue weighted by molar-refractivity contribution is -0.139. The number of pyridine rings is 1. The zero-order valence-corrected chi connectivity index (χ0v) is 8.10. The van der Waals surface area contributed by atoms with Crippen LogP contribution in [0.15, 0.2) is 0 Å². The van der Waals surface area contributed by atoms with Crippen molar-refractivity contribution in [2.75, 3.05) is 0 Å². The second kappa shape index (κ2) is 4.46. The molecule has 1 N–H and O–H groups in total. The molecule has 0 bridgehead atoms. The van der Waals surface area contributed by atoms with E-state index in [1.807, 2.05) is 0 Å². The summed E-state index contributed by atoms with van der Waals surface area (Å²) in [5, 5.41) is 8.66. The largest absolute Gasteiger partial charge is 0.481 e. The van der Waals surface area contributed by atoms with E-state index in [2.05, 4.69) is 4.98 Å². The summed E-state index contributed by atoms with van der Waals surface area (Å²) in [5.41, 5.74) is -1.14. The molecule has 0 saturated carbocycles. The minimum absolute atomic E-state index is 0.202. The highest BCUT2D eigenvalue weighted by Gasteiger charge is 2.30. The molecule has 0 aromatic carbocycles. The maximum absolute atomic E-state index is 13.1. The Bertz CT molecular complexity index is 410. The number of carboxylic acids is 1. The molecule has 1 atom stereocenters. The number of aromatic nitrogens is 1. The van der Waals surface area contributed by atoms with E-state index in [0.29, 0.717) is 0 Å². The molecule has 1 aromatic rings. The highest BCUT2D eigenvalue weighted by atomic mass is 19.2. The average molecular weight is 237 g/mol. The quantitative estimate of drug-likeness (QED) is 0.647. The summed E-state index contributed by atoms with van der Waals surface area (Å²) >= 11 is 0. The Kier molecular flexibility index (Phi) is 3.46. The fourth-order valence-corrected chi connectivity index (χ4v) is 1.31. The summed E-state index contributed by atoms with van der Waals surface area (Å²) < 4.78 is 51.7. The summed E-state index contributed by atoms with van der Waals surface area (Å²) in [6, 6.07) is 0. The maximum atomic E-state index is 13.1. The van der Waals surface area contributed by atoms with E-state index in [4.69, 9.17) is 5.11 Å². The van der Waals surface area contributed by atoms with E-state index in [1.54, 1.807) is 0 Å². The van der Waals surface area contributed by atoms with Gasteiger partial charge in [0.1, 0.15) is 0 Å². The molecule has 7 heteroatoms. The molecule has 1 unspecified atom stereocenters. The molecule has 0 radical (unpaired) electrons. The first-order valence-electron chi connectivity index (χ1n) is 4.32. The number of rotatable bonds is 3. The van der Waals surface area contributed by atoms with Crippen molar-refractivity contribution in [2.45, 2.75) is 19.3 Å². The van der Waals surface area contributed by atoms with Gasteiger partial charge in [-0.2, -0.15) is 13.8 Å². The van der Waals surface area contributed by atoms with Crippen molar-refractivity contribution < 1.29 is 27.5 Å². The predicted molar refractivity (Wildman–Crippen MR) is 44.7 cm³/mol. The van der Waals surface area contributed by atoms with Crippen molar-refractivity contribution in [3.63, 3.8) is 0 Å². The standard InChI is InChI=1S/C9H7F4NO2/c1-2-3(9(15)16)4-5(10)7(12)14-8(13)6(4)11/h3H,2H2,1H3,(H,15,16). The van der Waals surface area contributed by atoms with E-state index < -0.39 is 41.0 Å². The molecule has 88 valence electrons. The second-order valence-electron chi connectivity index (χ2n) is 3.03. The van der Waals surface area contributed by atoms with Gasteiger partial charge in [-0.15, -0.1) is 0 Å². The normalized spacial score (nSPS) is 12.6. The number of nitrogens with zero attached hydrogens (tertiary/aromatic N) is 1. The fraction of sp³-hybridized carbons (Fsp3) is 0.333. The lowest BCUT2D eigenvalue weighted by Crippen LogP contribution is -2.17. The molecule has 0 aliphatic carbocycles. The van der Waals surface area contributed by atoms with Gasteiger partial charge in [-0.1, -0.05) is 6.92 Å². The van der Waals surface area contributed by atoms with Crippen LogP contribution in [0.1, 0.15) is 24.8 Å². The topological polar surface area (TPSA) is 50.2 Å². The Hall–Kier alpha value is -1.66. The van der Waals surface area contributed by atoms with E-state index in [-0.39, 0.29) is 6.42 Å². The number of hydrogen-bond acceptors (Lipinski definition) is 2. The first-order chi connectivity index (χ1) is 7.40. The Morgan fingerprint density at radius 1 is 1.25 bits per heavy atom. The van der Waals surface area contributed by atoms with Crippen molar-refractivity contribution in [1.29, 1.82) is 0 Å². The minimum Gasteiger partial charge on any atom is -0.481 e. The van der Waals surface area contributed by atoms with Gasteiger partial charge in [0.05, 0.1) is 5.92 Å². The molecule has 0 aliphatic heterocycles. The zero-order valence-electron chi connectivity index (χ0n) is 8.10. The molecular formula is C9H7F4NO2. The molecule has 0 amide bonds. The minimum atomic E-state index is -1.85. The molecule has 3 nitrogen and oxygen atoms in total. The number of aliphatic carboxylic acids is 1. The summed E-state index contributed by atoms with van der Waals surface area (Å²) in [4.78, 5) is 13.0. The van der Waals surface area contributed by atoms with Crippen LogP contribution in [0.5, 0.6) is 0 Å². The van der Waals surface area contributed by atoms with Crippen molar-refractivity contribution in [3.05, 3.63) is 29.1 Å². The van der Waals surface area contributed by atoms with Crippen LogP contribution >= 0.6 is 0 Å². The molecular weight excluding hydrogens is 230 g/mol. The fourth-order valence-electron chi connectivity index (χ4n) is 1.31. The average Bonchev–Trinajstić information content (AvgIpc) is 2.21. The summed E-state index contributed by atoms with van der Waals surface area (Å²) in [6.45, 7) is 1.33. The third-order valence-corrected chi connectivity index (χ3v) is 2.09. The Morgan fingerprint density at radius 3 is 2.00 bits per heavy atom. The summed E-state index contributed by atoms with van der Waals surface area (Å²) in [5.74, 6) is -10.5. The molecule has 1 aromatic heterocycles. The predicted octanol–water partition coefficient (Wildman–Crippen LogP) is 2.22. The van der Waals surface area contributed by atoms with Gasteiger partial charge in [-0.25, -0.2) is 8.78 Å². The lowest BCUT2D eigenvalue weighted by atomic mass is 9.96. The molecule has 0 spiro atoms. The smallest absolute Gasteiger partial charge is 0.311 e. The highest BCUT2D eigenvalue weighted by molar-refractivity contribution is 5.76. The van der Waals surface area contributed by atoms with Gasteiger partial charge in [-0.3, -0.25) is 4.79 Å². The second-order valence-corrected chi connectivity index (χ2v) is 3.03. The van der Waals surface area contributed by atoms with Crippen molar-refractivity contribution >= 4 is 5.97 Å². The third-order valence-electron chi connectivity index (χ3n) is 2.09. The van der Waals surface area contributed by atoms with Gasteiger partial charge in [0.2, 0.25) is 0 Å². The number of carboxylic acid groups (broad SMARTS) is 1. The maximum Gasteiger partial charge on any atom is 0.311 e. The Labute approximate surface area is 87.7 Å². The first-order valence-corrected chi connectivity index (χ1v) is 4.32. The van der Waals surface area contributed by atoms with Gasteiger partial charge < -0.3 is 5.11 Å². The van der Waals surface area contributed by atoms with Gasteiger partial charge in [0.25, 0.3) is 11.9 Å². The first kappa shape index (κ1) is 12.4. The monoisotopic (exact) mass is 237 g/mol. The van der Waals surface area contributed by atoms with Crippen LogP contribution in [0.4, 0.5) is 17.6 Å². The SMILES string of the molecule is CCC(C(=O)O)c1c(F)c(F)nc(F)c1F. The van der Waals surface area contributed by atoms with Crippen LogP contribution in [0.25, 0.3) is 0 Å². The highest BCUT2D eigenvalue weighted by Crippen LogP contribution is 2.27. The molecule has 16 heavy (non-hydrogen) atoms. The molecule has 0 saturated heterocycles. The van der Waals surface area contributed by atoms with Gasteiger partial charge >= 0.3 is 5.97 Å². The molecule has 0 fully saturated rings. The Morgan fingerprint density at radius 2 is 1.69 bits per heavy atom. The van der Waals surface area contributed by atoms with Crippen molar-refractivity contribution in [3.8, 4) is 0 Å². The number of halogens is 4. The van der Waals surface area contributed by atoms with Crippen LogP contribution in [-0.2, 0) is 4.79 Å². The molecule has 1 rings (SSSR count). The van der Waals surface area contributed by atoms with E-state index in [9.17, 15) is 22.4 Å².